The predicted molar refractivity (Wildman–Crippen MR) is 130 cm³/mol. The lowest BCUT2D eigenvalue weighted by atomic mass is 10.1. The maximum Gasteiger partial charge on any atom is 0.266 e. The van der Waals surface area contributed by atoms with E-state index < -0.39 is 0 Å². The molecular formula is C25H20ClN3O2S. The molecule has 3 aromatic carbocycles. The van der Waals surface area contributed by atoms with Crippen LogP contribution >= 0.6 is 23.4 Å². The lowest BCUT2D eigenvalue weighted by Crippen LogP contribution is -2.37. The van der Waals surface area contributed by atoms with Crippen LogP contribution in [0.3, 0.4) is 0 Å². The maximum absolute atomic E-state index is 13.4. The second kappa shape index (κ2) is 8.45. The molecule has 0 radical (unpaired) electrons. The van der Waals surface area contributed by atoms with Crippen LogP contribution in [0.15, 0.2) is 82.7 Å². The minimum Gasteiger partial charge on any atom is -0.308 e. The quantitative estimate of drug-likeness (QED) is 0.313. The van der Waals surface area contributed by atoms with Crippen LogP contribution in [0.5, 0.6) is 0 Å². The second-order valence-electron chi connectivity index (χ2n) is 7.74. The third-order valence-corrected chi connectivity index (χ3v) is 6.88. The lowest BCUT2D eigenvalue weighted by Gasteiger charge is -2.23. The Morgan fingerprint density at radius 2 is 1.72 bits per heavy atom. The zero-order valence-electron chi connectivity index (χ0n) is 17.4. The van der Waals surface area contributed by atoms with Gasteiger partial charge in [0.1, 0.15) is 0 Å². The molecule has 1 amide bonds. The Morgan fingerprint density at radius 1 is 1.03 bits per heavy atom. The van der Waals surface area contributed by atoms with E-state index in [-0.39, 0.29) is 23.3 Å². The van der Waals surface area contributed by atoms with Crippen LogP contribution < -0.4 is 10.5 Å². The molecule has 0 saturated heterocycles. The summed E-state index contributed by atoms with van der Waals surface area (Å²) in [5.41, 5.74) is 3.07. The zero-order chi connectivity index (χ0) is 22.2. The van der Waals surface area contributed by atoms with Crippen molar-refractivity contribution < 1.29 is 4.79 Å². The monoisotopic (exact) mass is 461 g/mol. The van der Waals surface area contributed by atoms with Crippen LogP contribution in [-0.4, -0.2) is 27.3 Å². The maximum atomic E-state index is 13.4. The molecular weight excluding hydrogens is 442 g/mol. The van der Waals surface area contributed by atoms with E-state index in [1.54, 1.807) is 24.3 Å². The minimum atomic E-state index is -0.210. The summed E-state index contributed by atoms with van der Waals surface area (Å²) in [5, 5.41) is 1.39. The molecule has 0 bridgehead atoms. The van der Waals surface area contributed by atoms with Crippen molar-refractivity contribution in [2.45, 2.75) is 24.5 Å². The largest absolute Gasteiger partial charge is 0.308 e. The predicted octanol–water partition coefficient (Wildman–Crippen LogP) is 5.11. The Balaban J connectivity index is 1.53. The number of rotatable bonds is 4. The van der Waals surface area contributed by atoms with E-state index in [1.165, 1.54) is 21.9 Å². The van der Waals surface area contributed by atoms with Crippen molar-refractivity contribution in [3.63, 3.8) is 0 Å². The lowest BCUT2D eigenvalue weighted by molar-refractivity contribution is -0.116. The number of carbonyl (C=O) groups is 1. The first-order valence-corrected chi connectivity index (χ1v) is 11.7. The number of amides is 1. The van der Waals surface area contributed by atoms with Crippen LogP contribution in [0.4, 0.5) is 5.69 Å². The van der Waals surface area contributed by atoms with Gasteiger partial charge in [0.2, 0.25) is 5.91 Å². The van der Waals surface area contributed by atoms with Gasteiger partial charge in [-0.05, 0) is 49.2 Å². The van der Waals surface area contributed by atoms with Crippen molar-refractivity contribution in [3.8, 4) is 5.69 Å². The number of nitrogens with zero attached hydrogens (tertiary/aromatic N) is 3. The first kappa shape index (κ1) is 20.8. The normalized spacial score (nSPS) is 15.2. The fraction of sp³-hybridized carbons (Fsp3) is 0.160. The van der Waals surface area contributed by atoms with Gasteiger partial charge in [0.25, 0.3) is 5.56 Å². The average Bonchev–Trinajstić information content (AvgIpc) is 3.14. The molecule has 0 spiro atoms. The molecule has 5 rings (SSSR count). The molecule has 1 atom stereocenters. The molecule has 1 aliphatic rings. The van der Waals surface area contributed by atoms with Gasteiger partial charge in [-0.1, -0.05) is 65.8 Å². The summed E-state index contributed by atoms with van der Waals surface area (Å²) in [4.78, 5) is 33.2. The van der Waals surface area contributed by atoms with Gasteiger partial charge < -0.3 is 4.90 Å². The number of hydrogen-bond donors (Lipinski definition) is 0. The number of carbonyl (C=O) groups excluding carboxylic acids is 1. The van der Waals surface area contributed by atoms with Gasteiger partial charge in [-0.15, -0.1) is 0 Å². The van der Waals surface area contributed by atoms with E-state index in [4.69, 9.17) is 16.6 Å². The van der Waals surface area contributed by atoms with Crippen molar-refractivity contribution in [1.82, 2.24) is 9.55 Å². The summed E-state index contributed by atoms with van der Waals surface area (Å²) in [6.45, 7) is 2.05. The van der Waals surface area contributed by atoms with Gasteiger partial charge in [-0.2, -0.15) is 0 Å². The number of anilines is 1. The highest BCUT2D eigenvalue weighted by molar-refractivity contribution is 7.99. The zero-order valence-corrected chi connectivity index (χ0v) is 18.9. The molecule has 7 heteroatoms. The highest BCUT2D eigenvalue weighted by atomic mass is 35.5. The standard InChI is InChI=1S/C25H20ClN3O2S/c1-16-14-17-8-2-6-12-21(17)28(16)23(30)15-32-25-27-20-11-5-3-9-18(20)24(31)29(25)22-13-7-4-10-19(22)26/h2-13,16H,14-15H2,1H3/t16-/m0/s1. The van der Waals surface area contributed by atoms with Gasteiger partial charge >= 0.3 is 0 Å². The minimum absolute atomic E-state index is 0.0134. The molecule has 5 nitrogen and oxygen atoms in total. The Morgan fingerprint density at radius 3 is 2.53 bits per heavy atom. The number of fused-ring (bicyclic) bond motifs is 2. The summed E-state index contributed by atoms with van der Waals surface area (Å²) in [5.74, 6) is 0.147. The molecule has 0 unspecified atom stereocenters. The van der Waals surface area contributed by atoms with Crippen molar-refractivity contribution in [2.75, 3.05) is 10.7 Å². The average molecular weight is 462 g/mol. The van der Waals surface area contributed by atoms with Gasteiger partial charge in [0, 0.05) is 11.7 Å². The van der Waals surface area contributed by atoms with Crippen LogP contribution in [0.1, 0.15) is 12.5 Å². The topological polar surface area (TPSA) is 55.2 Å². The number of halogens is 1. The van der Waals surface area contributed by atoms with E-state index in [9.17, 15) is 9.59 Å². The number of hydrogen-bond acceptors (Lipinski definition) is 4. The molecule has 0 saturated carbocycles. The van der Waals surface area contributed by atoms with Crippen molar-refractivity contribution in [2.24, 2.45) is 0 Å². The molecule has 160 valence electrons. The first-order valence-electron chi connectivity index (χ1n) is 10.3. The van der Waals surface area contributed by atoms with Gasteiger partial charge in [0.15, 0.2) is 5.16 Å². The highest BCUT2D eigenvalue weighted by Gasteiger charge is 2.30. The van der Waals surface area contributed by atoms with Gasteiger partial charge in [0.05, 0.1) is 27.4 Å². The fourth-order valence-corrected chi connectivity index (χ4v) is 5.28. The summed E-state index contributed by atoms with van der Waals surface area (Å²) >= 11 is 7.68. The first-order chi connectivity index (χ1) is 15.5. The van der Waals surface area contributed by atoms with Crippen LogP contribution in [0.2, 0.25) is 5.02 Å². The summed E-state index contributed by atoms with van der Waals surface area (Å²) < 4.78 is 1.50. The molecule has 0 aliphatic carbocycles. The summed E-state index contributed by atoms with van der Waals surface area (Å²) in [6, 6.07) is 22.4. The molecule has 4 aromatic rings. The Labute approximate surface area is 194 Å². The molecule has 0 N–H and O–H groups in total. The smallest absolute Gasteiger partial charge is 0.266 e. The van der Waals surface area contributed by atoms with Gasteiger partial charge in [-0.25, -0.2) is 4.98 Å². The third kappa shape index (κ3) is 3.59. The Hall–Kier alpha value is -3.09. The van der Waals surface area contributed by atoms with E-state index in [1.807, 2.05) is 47.4 Å². The molecule has 0 fully saturated rings. The van der Waals surface area contributed by atoms with Crippen molar-refractivity contribution >= 4 is 45.9 Å². The SMILES string of the molecule is C[C@H]1Cc2ccccc2N1C(=O)CSc1nc2ccccc2c(=O)n1-c1ccccc1Cl. The number of thioether (sulfide) groups is 1. The summed E-state index contributed by atoms with van der Waals surface area (Å²) in [7, 11) is 0. The van der Waals surface area contributed by atoms with Crippen LogP contribution in [0.25, 0.3) is 16.6 Å². The van der Waals surface area contributed by atoms with E-state index in [0.717, 1.165) is 12.1 Å². The number of aromatic nitrogens is 2. The third-order valence-electron chi connectivity index (χ3n) is 5.64. The van der Waals surface area contributed by atoms with E-state index in [0.29, 0.717) is 26.8 Å². The second-order valence-corrected chi connectivity index (χ2v) is 9.09. The summed E-state index contributed by atoms with van der Waals surface area (Å²) in [6.07, 6.45) is 0.838. The molecule has 32 heavy (non-hydrogen) atoms. The Kier molecular flexibility index (Phi) is 5.49. The van der Waals surface area contributed by atoms with Crippen molar-refractivity contribution in [1.29, 1.82) is 0 Å². The fourth-order valence-electron chi connectivity index (χ4n) is 4.20. The van der Waals surface area contributed by atoms with Crippen LogP contribution in [-0.2, 0) is 11.2 Å². The van der Waals surface area contributed by atoms with Crippen molar-refractivity contribution in [3.05, 3.63) is 93.7 Å². The van der Waals surface area contributed by atoms with E-state index in [2.05, 4.69) is 13.0 Å². The van der Waals surface area contributed by atoms with E-state index >= 15 is 0 Å². The van der Waals surface area contributed by atoms with Gasteiger partial charge in [-0.3, -0.25) is 14.2 Å². The van der Waals surface area contributed by atoms with Crippen LogP contribution in [0, 0.1) is 0 Å². The number of para-hydroxylation sites is 3. The number of benzene rings is 3. The molecule has 1 aliphatic heterocycles. The Bertz CT molecular complexity index is 1400. The highest BCUT2D eigenvalue weighted by Crippen LogP contribution is 2.33. The molecule has 1 aromatic heterocycles. The molecule has 2 heterocycles.